The van der Waals surface area contributed by atoms with Crippen LogP contribution in [0, 0.1) is 12.7 Å². The highest BCUT2D eigenvalue weighted by Gasteiger charge is 2.39. The van der Waals surface area contributed by atoms with Crippen LogP contribution in [0.3, 0.4) is 0 Å². The van der Waals surface area contributed by atoms with Gasteiger partial charge < -0.3 is 10.3 Å². The summed E-state index contributed by atoms with van der Waals surface area (Å²) in [6.45, 7) is 3.92. The largest absolute Gasteiger partial charge is 0.348 e. The van der Waals surface area contributed by atoms with E-state index in [-0.39, 0.29) is 17.3 Å². The van der Waals surface area contributed by atoms with Gasteiger partial charge in [0.15, 0.2) is 0 Å². The van der Waals surface area contributed by atoms with E-state index in [2.05, 4.69) is 10.3 Å². The molecule has 94 valence electrons. The van der Waals surface area contributed by atoms with E-state index in [4.69, 9.17) is 0 Å². The number of aromatic nitrogens is 1. The molecule has 0 saturated heterocycles. The van der Waals surface area contributed by atoms with Crippen LogP contribution in [0.2, 0.25) is 0 Å². The van der Waals surface area contributed by atoms with Gasteiger partial charge in [-0.15, -0.1) is 0 Å². The fraction of sp³-hybridized carbons (Fsp3) is 0.357. The van der Waals surface area contributed by atoms with Gasteiger partial charge in [-0.1, -0.05) is 6.07 Å². The molecule has 18 heavy (non-hydrogen) atoms. The smallest absolute Gasteiger partial charge is 0.268 e. The first-order valence-corrected chi connectivity index (χ1v) is 6.09. The Labute approximate surface area is 104 Å². The van der Waals surface area contributed by atoms with E-state index in [9.17, 15) is 9.18 Å². The second-order valence-electron chi connectivity index (χ2n) is 5.35. The fourth-order valence-corrected chi connectivity index (χ4v) is 2.10. The number of H-pyrrole nitrogens is 1. The molecule has 2 N–H and O–H groups in total. The number of halogens is 1. The number of carbonyl (C=O) groups is 1. The Morgan fingerprint density at radius 2 is 2.17 bits per heavy atom. The summed E-state index contributed by atoms with van der Waals surface area (Å²) in [4.78, 5) is 14.9. The van der Waals surface area contributed by atoms with Crippen molar-refractivity contribution in [3.05, 3.63) is 35.3 Å². The predicted octanol–water partition coefficient (Wildman–Crippen LogP) is 2.90. The van der Waals surface area contributed by atoms with Gasteiger partial charge in [-0.05, 0) is 44.4 Å². The molecule has 4 heteroatoms. The van der Waals surface area contributed by atoms with Crippen LogP contribution in [-0.2, 0) is 0 Å². The predicted molar refractivity (Wildman–Crippen MR) is 68.1 cm³/mol. The van der Waals surface area contributed by atoms with E-state index >= 15 is 0 Å². The van der Waals surface area contributed by atoms with Gasteiger partial charge in [0.25, 0.3) is 5.91 Å². The Morgan fingerprint density at radius 3 is 2.78 bits per heavy atom. The van der Waals surface area contributed by atoms with E-state index in [1.165, 1.54) is 6.07 Å². The van der Waals surface area contributed by atoms with Crippen molar-refractivity contribution in [3.63, 3.8) is 0 Å². The van der Waals surface area contributed by atoms with Crippen LogP contribution in [0.25, 0.3) is 10.9 Å². The third-order valence-electron chi connectivity index (χ3n) is 3.62. The maximum atomic E-state index is 13.6. The number of amides is 1. The van der Waals surface area contributed by atoms with Crippen molar-refractivity contribution >= 4 is 16.8 Å². The van der Waals surface area contributed by atoms with Gasteiger partial charge >= 0.3 is 0 Å². The molecule has 0 bridgehead atoms. The zero-order valence-corrected chi connectivity index (χ0v) is 10.4. The average Bonchev–Trinajstić information content (AvgIpc) is 2.89. The van der Waals surface area contributed by atoms with Crippen molar-refractivity contribution < 1.29 is 9.18 Å². The normalized spacial score (nSPS) is 16.8. The molecule has 1 fully saturated rings. The SMILES string of the molecule is Cc1ccc(F)c2[nH]c(C(=O)NC3(C)CC3)cc12. The molecule has 0 radical (unpaired) electrons. The van der Waals surface area contributed by atoms with Crippen molar-refractivity contribution in [2.75, 3.05) is 0 Å². The highest BCUT2D eigenvalue weighted by Crippen LogP contribution is 2.34. The highest BCUT2D eigenvalue weighted by molar-refractivity contribution is 5.99. The van der Waals surface area contributed by atoms with Crippen LogP contribution in [0.1, 0.15) is 35.8 Å². The van der Waals surface area contributed by atoms with E-state index in [1.54, 1.807) is 12.1 Å². The van der Waals surface area contributed by atoms with Gasteiger partial charge in [0.2, 0.25) is 0 Å². The first-order valence-electron chi connectivity index (χ1n) is 6.09. The number of hydrogen-bond donors (Lipinski definition) is 2. The number of benzene rings is 1. The second kappa shape index (κ2) is 3.57. The third-order valence-corrected chi connectivity index (χ3v) is 3.62. The van der Waals surface area contributed by atoms with Gasteiger partial charge in [0.05, 0.1) is 5.52 Å². The molecule has 1 amide bonds. The Kier molecular flexibility index (Phi) is 2.24. The van der Waals surface area contributed by atoms with E-state index in [1.807, 2.05) is 13.8 Å². The average molecular weight is 246 g/mol. The molecule has 1 aromatic carbocycles. The first kappa shape index (κ1) is 11.3. The van der Waals surface area contributed by atoms with Crippen LogP contribution in [0.5, 0.6) is 0 Å². The molecule has 0 spiro atoms. The summed E-state index contributed by atoms with van der Waals surface area (Å²) < 4.78 is 13.6. The highest BCUT2D eigenvalue weighted by atomic mass is 19.1. The Morgan fingerprint density at radius 1 is 1.44 bits per heavy atom. The van der Waals surface area contributed by atoms with Gasteiger partial charge in [0.1, 0.15) is 11.5 Å². The summed E-state index contributed by atoms with van der Waals surface area (Å²) in [5, 5.41) is 3.72. The van der Waals surface area contributed by atoms with Crippen LogP contribution >= 0.6 is 0 Å². The summed E-state index contributed by atoms with van der Waals surface area (Å²) in [6.07, 6.45) is 2.01. The topological polar surface area (TPSA) is 44.9 Å². The minimum absolute atomic E-state index is 0.0675. The molecular formula is C14H15FN2O. The summed E-state index contributed by atoms with van der Waals surface area (Å²) in [5.74, 6) is -0.489. The molecule has 0 aliphatic heterocycles. The third kappa shape index (κ3) is 1.78. The van der Waals surface area contributed by atoms with Crippen LogP contribution in [0.15, 0.2) is 18.2 Å². The number of aromatic amines is 1. The number of fused-ring (bicyclic) bond motifs is 1. The molecule has 3 nitrogen and oxygen atoms in total. The van der Waals surface area contributed by atoms with Crippen LogP contribution in [-0.4, -0.2) is 16.4 Å². The molecule has 2 aromatic rings. The summed E-state index contributed by atoms with van der Waals surface area (Å²) >= 11 is 0. The number of rotatable bonds is 2. The van der Waals surface area contributed by atoms with Gasteiger partial charge in [-0.2, -0.15) is 0 Å². The van der Waals surface area contributed by atoms with E-state index in [0.717, 1.165) is 23.8 Å². The number of aryl methyl sites for hydroxylation is 1. The molecule has 0 unspecified atom stereocenters. The first-order chi connectivity index (χ1) is 8.48. The number of hydrogen-bond acceptors (Lipinski definition) is 1. The minimum atomic E-state index is -0.327. The molecule has 3 rings (SSSR count). The van der Waals surface area contributed by atoms with Crippen molar-refractivity contribution in [2.24, 2.45) is 0 Å². The second-order valence-corrected chi connectivity index (χ2v) is 5.35. The van der Waals surface area contributed by atoms with Crippen LogP contribution in [0.4, 0.5) is 4.39 Å². The van der Waals surface area contributed by atoms with Crippen molar-refractivity contribution in [1.82, 2.24) is 10.3 Å². The molecule has 1 aliphatic rings. The van der Waals surface area contributed by atoms with Crippen molar-refractivity contribution in [1.29, 1.82) is 0 Å². The Bertz CT molecular complexity index is 602. The molecule has 0 atom stereocenters. The summed E-state index contributed by atoms with van der Waals surface area (Å²) in [7, 11) is 0. The fourth-order valence-electron chi connectivity index (χ4n) is 2.10. The monoisotopic (exact) mass is 246 g/mol. The lowest BCUT2D eigenvalue weighted by Crippen LogP contribution is -2.34. The van der Waals surface area contributed by atoms with Gasteiger partial charge in [-0.3, -0.25) is 4.79 Å². The lowest BCUT2D eigenvalue weighted by molar-refractivity contribution is 0.0931. The Hall–Kier alpha value is -1.84. The molecule has 1 saturated carbocycles. The maximum Gasteiger partial charge on any atom is 0.268 e. The Balaban J connectivity index is 2.00. The zero-order chi connectivity index (χ0) is 12.9. The zero-order valence-electron chi connectivity index (χ0n) is 10.4. The van der Waals surface area contributed by atoms with E-state index < -0.39 is 0 Å². The van der Waals surface area contributed by atoms with Crippen LogP contribution < -0.4 is 5.32 Å². The molecule has 1 aromatic heterocycles. The van der Waals surface area contributed by atoms with Crippen molar-refractivity contribution in [2.45, 2.75) is 32.2 Å². The molecule has 1 aliphatic carbocycles. The summed E-state index contributed by atoms with van der Waals surface area (Å²) in [5.41, 5.74) is 1.72. The van der Waals surface area contributed by atoms with E-state index in [0.29, 0.717) is 11.2 Å². The number of carbonyl (C=O) groups excluding carboxylic acids is 1. The standard InChI is InChI=1S/C14H15FN2O/c1-8-3-4-10(15)12-9(8)7-11(16-12)13(18)17-14(2)5-6-14/h3-4,7,16H,5-6H2,1-2H3,(H,17,18). The quantitative estimate of drug-likeness (QED) is 0.840. The van der Waals surface area contributed by atoms with Gasteiger partial charge in [0, 0.05) is 10.9 Å². The summed E-state index contributed by atoms with van der Waals surface area (Å²) in [6, 6.07) is 4.85. The lowest BCUT2D eigenvalue weighted by atomic mass is 10.1. The van der Waals surface area contributed by atoms with Gasteiger partial charge in [-0.25, -0.2) is 4.39 Å². The number of nitrogens with one attached hydrogen (secondary N) is 2. The minimum Gasteiger partial charge on any atom is -0.348 e. The molecule has 1 heterocycles. The lowest BCUT2D eigenvalue weighted by Gasteiger charge is -2.09. The van der Waals surface area contributed by atoms with Crippen molar-refractivity contribution in [3.8, 4) is 0 Å². The molecular weight excluding hydrogens is 231 g/mol. The maximum absolute atomic E-state index is 13.6.